The highest BCUT2D eigenvalue weighted by atomic mass is 35.5. The Morgan fingerprint density at radius 1 is 1.35 bits per heavy atom. The fourth-order valence-electron chi connectivity index (χ4n) is 2.95. The molecule has 1 atom stereocenters. The van der Waals surface area contributed by atoms with E-state index in [1.165, 1.54) is 25.7 Å². The molecule has 1 saturated heterocycles. The van der Waals surface area contributed by atoms with E-state index in [4.69, 9.17) is 23.2 Å². The lowest BCUT2D eigenvalue weighted by atomic mass is 10.2. The van der Waals surface area contributed by atoms with E-state index < -0.39 is 0 Å². The largest absolute Gasteiger partial charge is 0.313 e. The van der Waals surface area contributed by atoms with E-state index in [-0.39, 0.29) is 0 Å². The summed E-state index contributed by atoms with van der Waals surface area (Å²) in [4.78, 5) is 6.86. The second-order valence-corrected chi connectivity index (χ2v) is 6.73. The van der Waals surface area contributed by atoms with Crippen molar-refractivity contribution in [3.63, 3.8) is 0 Å². The van der Waals surface area contributed by atoms with Gasteiger partial charge in [-0.05, 0) is 45.2 Å². The van der Waals surface area contributed by atoms with Gasteiger partial charge in [-0.1, -0.05) is 23.2 Å². The van der Waals surface area contributed by atoms with Gasteiger partial charge in [0.2, 0.25) is 0 Å². The number of nitrogens with one attached hydrogen (secondary N) is 1. The van der Waals surface area contributed by atoms with Crippen molar-refractivity contribution >= 4 is 23.2 Å². The number of aromatic nitrogens is 1. The van der Waals surface area contributed by atoms with Crippen LogP contribution in [-0.2, 0) is 6.54 Å². The van der Waals surface area contributed by atoms with Crippen molar-refractivity contribution in [3.8, 4) is 0 Å². The van der Waals surface area contributed by atoms with Crippen molar-refractivity contribution in [2.24, 2.45) is 0 Å². The quantitative estimate of drug-likeness (QED) is 0.844. The number of nitrogens with zero attached hydrogens (tertiary/aromatic N) is 2. The number of pyridine rings is 1. The summed E-state index contributed by atoms with van der Waals surface area (Å²) in [6.07, 6.45) is 5.15. The Balaban J connectivity index is 1.72. The van der Waals surface area contributed by atoms with E-state index in [2.05, 4.69) is 15.2 Å². The van der Waals surface area contributed by atoms with Gasteiger partial charge in [0.05, 0.1) is 0 Å². The predicted molar refractivity (Wildman–Crippen MR) is 83.5 cm³/mol. The topological polar surface area (TPSA) is 28.2 Å². The molecule has 110 valence electrons. The fourth-order valence-corrected chi connectivity index (χ4v) is 3.60. The van der Waals surface area contributed by atoms with Crippen molar-refractivity contribution < 1.29 is 0 Å². The summed E-state index contributed by atoms with van der Waals surface area (Å²) in [5.74, 6) is 0. The minimum atomic E-state index is 0.556. The van der Waals surface area contributed by atoms with Crippen LogP contribution in [0.2, 0.25) is 10.2 Å². The van der Waals surface area contributed by atoms with Crippen LogP contribution in [0.1, 0.15) is 36.9 Å². The Morgan fingerprint density at radius 2 is 2.15 bits per heavy atom. The first kappa shape index (κ1) is 14.6. The summed E-state index contributed by atoms with van der Waals surface area (Å²) in [6, 6.07) is 3.22. The summed E-state index contributed by atoms with van der Waals surface area (Å²) in [5, 5.41) is 4.87. The maximum atomic E-state index is 6.35. The Kier molecular flexibility index (Phi) is 4.51. The van der Waals surface area contributed by atoms with Crippen molar-refractivity contribution in [1.29, 1.82) is 0 Å². The van der Waals surface area contributed by atoms with Crippen LogP contribution in [0.4, 0.5) is 0 Å². The zero-order valence-electron chi connectivity index (χ0n) is 11.8. The summed E-state index contributed by atoms with van der Waals surface area (Å²) < 4.78 is 0. The SMILES string of the molecule is Cc1cc(Cl)c(CN(CC2CCCN2)C2CC2)c(Cl)n1. The molecule has 1 aliphatic carbocycles. The van der Waals surface area contributed by atoms with Gasteiger partial charge in [0.25, 0.3) is 0 Å². The monoisotopic (exact) mass is 313 g/mol. The minimum Gasteiger partial charge on any atom is -0.313 e. The molecule has 2 aliphatic rings. The molecule has 1 aliphatic heterocycles. The molecule has 0 bridgehead atoms. The van der Waals surface area contributed by atoms with Gasteiger partial charge in [-0.3, -0.25) is 4.90 Å². The first-order chi connectivity index (χ1) is 9.63. The van der Waals surface area contributed by atoms with Crippen LogP contribution in [-0.4, -0.2) is 35.1 Å². The Morgan fingerprint density at radius 3 is 2.75 bits per heavy atom. The first-order valence-corrected chi connectivity index (χ1v) is 8.18. The Labute approximate surface area is 130 Å². The van der Waals surface area contributed by atoms with Gasteiger partial charge in [-0.15, -0.1) is 0 Å². The minimum absolute atomic E-state index is 0.556. The molecule has 3 nitrogen and oxygen atoms in total. The smallest absolute Gasteiger partial charge is 0.135 e. The molecule has 0 spiro atoms. The van der Waals surface area contributed by atoms with Crippen LogP contribution in [0.15, 0.2) is 6.07 Å². The molecule has 5 heteroatoms. The molecule has 0 amide bonds. The van der Waals surface area contributed by atoms with Gasteiger partial charge in [0, 0.05) is 41.5 Å². The maximum Gasteiger partial charge on any atom is 0.135 e. The van der Waals surface area contributed by atoms with Gasteiger partial charge in [-0.25, -0.2) is 4.98 Å². The molecule has 0 aromatic carbocycles. The van der Waals surface area contributed by atoms with Crippen LogP contribution in [0, 0.1) is 6.92 Å². The van der Waals surface area contributed by atoms with E-state index >= 15 is 0 Å². The standard InChI is InChI=1S/C15H21Cl2N3/c1-10-7-14(16)13(15(17)19-10)9-20(12-4-5-12)8-11-3-2-6-18-11/h7,11-12,18H,2-6,8-9H2,1H3. The number of rotatable bonds is 5. The van der Waals surface area contributed by atoms with Crippen molar-refractivity contribution in [2.75, 3.05) is 13.1 Å². The predicted octanol–water partition coefficient (Wildman–Crippen LogP) is 3.41. The molecule has 3 rings (SSSR count). The Hall–Kier alpha value is -0.350. The van der Waals surface area contributed by atoms with Gasteiger partial charge < -0.3 is 5.32 Å². The maximum absolute atomic E-state index is 6.35. The zero-order valence-corrected chi connectivity index (χ0v) is 13.3. The van der Waals surface area contributed by atoms with E-state index in [1.807, 2.05) is 13.0 Å². The second kappa shape index (κ2) is 6.18. The molecule has 2 heterocycles. The number of hydrogen-bond acceptors (Lipinski definition) is 3. The molecule has 1 aromatic heterocycles. The van der Waals surface area contributed by atoms with Crippen LogP contribution in [0.5, 0.6) is 0 Å². The first-order valence-electron chi connectivity index (χ1n) is 7.42. The summed E-state index contributed by atoms with van der Waals surface area (Å²) >= 11 is 12.6. The van der Waals surface area contributed by atoms with Crippen LogP contribution >= 0.6 is 23.2 Å². The molecule has 20 heavy (non-hydrogen) atoms. The zero-order chi connectivity index (χ0) is 14.1. The van der Waals surface area contributed by atoms with E-state index in [1.54, 1.807) is 0 Å². The average molecular weight is 314 g/mol. The molecule has 0 radical (unpaired) electrons. The van der Waals surface area contributed by atoms with Crippen LogP contribution in [0.25, 0.3) is 0 Å². The Bertz CT molecular complexity index is 459. The highest BCUT2D eigenvalue weighted by Gasteiger charge is 2.32. The summed E-state index contributed by atoms with van der Waals surface area (Å²) in [7, 11) is 0. The lowest BCUT2D eigenvalue weighted by Gasteiger charge is -2.26. The lowest BCUT2D eigenvalue weighted by Crippen LogP contribution is -2.38. The normalized spacial score (nSPS) is 22.7. The van der Waals surface area contributed by atoms with E-state index in [0.717, 1.165) is 35.9 Å². The van der Waals surface area contributed by atoms with Crippen LogP contribution in [0.3, 0.4) is 0 Å². The fraction of sp³-hybridized carbons (Fsp3) is 0.667. The third kappa shape index (κ3) is 3.45. The van der Waals surface area contributed by atoms with Crippen LogP contribution < -0.4 is 5.32 Å². The van der Waals surface area contributed by atoms with Gasteiger partial charge in [0.1, 0.15) is 5.15 Å². The summed E-state index contributed by atoms with van der Waals surface area (Å²) in [5.41, 5.74) is 1.85. The molecule has 1 saturated carbocycles. The number of halogens is 2. The van der Waals surface area contributed by atoms with Gasteiger partial charge in [-0.2, -0.15) is 0 Å². The molecule has 1 N–H and O–H groups in total. The van der Waals surface area contributed by atoms with Crippen molar-refractivity contribution in [2.45, 2.75) is 51.2 Å². The van der Waals surface area contributed by atoms with Gasteiger partial charge in [0.15, 0.2) is 0 Å². The van der Waals surface area contributed by atoms with E-state index in [9.17, 15) is 0 Å². The molecule has 1 unspecified atom stereocenters. The third-order valence-corrected chi connectivity index (χ3v) is 4.84. The van der Waals surface area contributed by atoms with Crippen molar-refractivity contribution in [1.82, 2.24) is 15.2 Å². The lowest BCUT2D eigenvalue weighted by molar-refractivity contribution is 0.231. The van der Waals surface area contributed by atoms with Crippen molar-refractivity contribution in [3.05, 3.63) is 27.5 Å². The summed E-state index contributed by atoms with van der Waals surface area (Å²) in [6.45, 7) is 4.97. The highest BCUT2D eigenvalue weighted by Crippen LogP contribution is 2.32. The molecular formula is C15H21Cl2N3. The van der Waals surface area contributed by atoms with Gasteiger partial charge >= 0.3 is 0 Å². The number of aryl methyl sites for hydroxylation is 1. The molecule has 2 fully saturated rings. The third-order valence-electron chi connectivity index (χ3n) is 4.19. The molecule has 1 aromatic rings. The second-order valence-electron chi connectivity index (χ2n) is 5.97. The molecular weight excluding hydrogens is 293 g/mol. The van der Waals surface area contributed by atoms with E-state index in [0.29, 0.717) is 17.2 Å². The average Bonchev–Trinajstić information content (AvgIpc) is 3.10. The number of hydrogen-bond donors (Lipinski definition) is 1. The highest BCUT2D eigenvalue weighted by molar-refractivity contribution is 6.35.